The second kappa shape index (κ2) is 13.4. The number of aldehydes is 1. The lowest BCUT2D eigenvalue weighted by Gasteiger charge is -2.22. The predicted molar refractivity (Wildman–Crippen MR) is 110 cm³/mol. The molecule has 1 unspecified atom stereocenters. The molecule has 0 aliphatic carbocycles. The molecule has 1 aromatic carbocycles. The molecular weight excluding hydrogens is 308 g/mol. The highest BCUT2D eigenvalue weighted by Gasteiger charge is 2.18. The molecule has 2 nitrogen and oxygen atoms in total. The van der Waals surface area contributed by atoms with Crippen molar-refractivity contribution >= 4 is 11.9 Å². The van der Waals surface area contributed by atoms with Crippen LogP contribution >= 0.6 is 0 Å². The van der Waals surface area contributed by atoms with Crippen LogP contribution in [0.3, 0.4) is 0 Å². The fourth-order valence-electron chi connectivity index (χ4n) is 2.43. The molecule has 1 aromatic rings. The summed E-state index contributed by atoms with van der Waals surface area (Å²) in [5, 5.41) is 0. The first kappa shape index (κ1) is 23.1. The third kappa shape index (κ3) is 8.64. The van der Waals surface area contributed by atoms with Crippen molar-refractivity contribution in [1.82, 2.24) is 0 Å². The average molecular weight is 343 g/mol. The van der Waals surface area contributed by atoms with Gasteiger partial charge in [-0.15, -0.1) is 6.58 Å². The van der Waals surface area contributed by atoms with Gasteiger partial charge >= 0.3 is 0 Å². The molecule has 25 heavy (non-hydrogen) atoms. The van der Waals surface area contributed by atoms with Crippen molar-refractivity contribution in [2.75, 3.05) is 13.7 Å². The maximum Gasteiger partial charge on any atom is 0.143 e. The summed E-state index contributed by atoms with van der Waals surface area (Å²) in [6.45, 7) is 14.7. The smallest absolute Gasteiger partial charge is 0.143 e. The molecule has 0 radical (unpaired) electrons. The second-order valence-corrected chi connectivity index (χ2v) is 6.42. The fraction of sp³-hybridized carbons (Fsp3) is 0.435. The fourth-order valence-corrected chi connectivity index (χ4v) is 2.43. The van der Waals surface area contributed by atoms with Gasteiger partial charge in [0, 0.05) is 19.6 Å². The van der Waals surface area contributed by atoms with Gasteiger partial charge in [0.25, 0.3) is 0 Å². The van der Waals surface area contributed by atoms with Gasteiger partial charge in [-0.1, -0.05) is 55.8 Å². The van der Waals surface area contributed by atoms with E-state index in [9.17, 15) is 4.79 Å². The van der Waals surface area contributed by atoms with Gasteiger partial charge in [0.2, 0.25) is 0 Å². The van der Waals surface area contributed by atoms with Crippen molar-refractivity contribution in [2.24, 2.45) is 11.8 Å². The van der Waals surface area contributed by atoms with Crippen LogP contribution in [0.25, 0.3) is 5.57 Å². The summed E-state index contributed by atoms with van der Waals surface area (Å²) in [5.74, 6) is 0.862. The molecule has 0 saturated carbocycles. The van der Waals surface area contributed by atoms with E-state index in [-0.39, 0.29) is 5.92 Å². The first-order chi connectivity index (χ1) is 11.9. The van der Waals surface area contributed by atoms with Crippen LogP contribution < -0.4 is 0 Å². The van der Waals surface area contributed by atoms with Crippen LogP contribution in [0.15, 0.2) is 54.6 Å². The number of benzene rings is 1. The highest BCUT2D eigenvalue weighted by Crippen LogP contribution is 2.33. The van der Waals surface area contributed by atoms with Gasteiger partial charge in [-0.3, -0.25) is 4.79 Å². The first-order valence-corrected chi connectivity index (χ1v) is 8.88. The summed E-state index contributed by atoms with van der Waals surface area (Å²) in [5.41, 5.74) is 4.66. The van der Waals surface area contributed by atoms with Crippen molar-refractivity contribution in [3.8, 4) is 0 Å². The van der Waals surface area contributed by atoms with E-state index in [1.165, 1.54) is 11.1 Å². The minimum atomic E-state index is 0.214. The Balaban J connectivity index is 0.00000101. The molecule has 0 bridgehead atoms. The van der Waals surface area contributed by atoms with E-state index < -0.39 is 0 Å². The summed E-state index contributed by atoms with van der Waals surface area (Å²) >= 11 is 0. The van der Waals surface area contributed by atoms with Gasteiger partial charge in [0.05, 0.1) is 0 Å². The van der Waals surface area contributed by atoms with Crippen molar-refractivity contribution in [2.45, 2.75) is 41.0 Å². The van der Waals surface area contributed by atoms with E-state index in [0.717, 1.165) is 23.8 Å². The molecule has 0 aromatic heterocycles. The number of ether oxygens (including phenoxy) is 1. The van der Waals surface area contributed by atoms with E-state index >= 15 is 0 Å². The van der Waals surface area contributed by atoms with Crippen LogP contribution in [0.4, 0.5) is 0 Å². The highest BCUT2D eigenvalue weighted by atomic mass is 16.5. The zero-order valence-corrected chi connectivity index (χ0v) is 16.7. The zero-order chi connectivity index (χ0) is 19.2. The van der Waals surface area contributed by atoms with Crippen LogP contribution in [0, 0.1) is 18.8 Å². The van der Waals surface area contributed by atoms with Gasteiger partial charge in [-0.2, -0.15) is 0 Å². The molecule has 0 aliphatic heterocycles. The maximum absolute atomic E-state index is 11.1. The van der Waals surface area contributed by atoms with Crippen LogP contribution in [0.5, 0.6) is 0 Å². The van der Waals surface area contributed by atoms with Gasteiger partial charge in [-0.05, 0) is 55.9 Å². The largest absolute Gasteiger partial charge is 0.385 e. The normalized spacial score (nSPS) is 13.1. The molecular formula is C23H34O2. The van der Waals surface area contributed by atoms with Gasteiger partial charge in [-0.25, -0.2) is 0 Å². The van der Waals surface area contributed by atoms with Crippen molar-refractivity contribution < 1.29 is 9.53 Å². The van der Waals surface area contributed by atoms with Crippen LogP contribution in [-0.4, -0.2) is 20.0 Å². The summed E-state index contributed by atoms with van der Waals surface area (Å²) in [7, 11) is 1.71. The molecule has 0 aliphatic rings. The zero-order valence-electron chi connectivity index (χ0n) is 16.7. The van der Waals surface area contributed by atoms with E-state index in [1.807, 2.05) is 25.1 Å². The van der Waals surface area contributed by atoms with Crippen molar-refractivity contribution in [3.05, 3.63) is 65.8 Å². The predicted octanol–water partition coefficient (Wildman–Crippen LogP) is 6.02. The third-order valence-corrected chi connectivity index (χ3v) is 4.17. The van der Waals surface area contributed by atoms with E-state index in [1.54, 1.807) is 13.2 Å². The number of methoxy groups -OCH3 is 1. The Bertz CT molecular complexity index is 580. The van der Waals surface area contributed by atoms with Gasteiger partial charge < -0.3 is 4.74 Å². The van der Waals surface area contributed by atoms with Crippen LogP contribution in [0.2, 0.25) is 0 Å². The average Bonchev–Trinajstić information content (AvgIpc) is 2.61. The Kier molecular flexibility index (Phi) is 12.3. The first-order valence-electron chi connectivity index (χ1n) is 8.88. The SMILES string of the molecule is C/C=C(/C)C(CCOC)/C(=C\C=O)c1ccccc1C.C=CC(C)C. The number of rotatable bonds is 8. The minimum absolute atomic E-state index is 0.214. The molecule has 0 fully saturated rings. The van der Waals surface area contributed by atoms with E-state index in [0.29, 0.717) is 12.5 Å². The molecule has 138 valence electrons. The Morgan fingerprint density at radius 1 is 1.28 bits per heavy atom. The number of aryl methyl sites for hydroxylation is 1. The Hall–Kier alpha value is -1.93. The van der Waals surface area contributed by atoms with Crippen molar-refractivity contribution in [3.63, 3.8) is 0 Å². The number of carbonyl (C=O) groups is 1. The van der Waals surface area contributed by atoms with Gasteiger partial charge in [0.15, 0.2) is 0 Å². The monoisotopic (exact) mass is 342 g/mol. The number of hydrogen-bond donors (Lipinski definition) is 0. The maximum atomic E-state index is 11.1. The second-order valence-electron chi connectivity index (χ2n) is 6.42. The Morgan fingerprint density at radius 3 is 2.32 bits per heavy atom. The standard InChI is InChI=1S/C18H24O2.C5H10/c1-5-14(2)17(11-13-20-4)18(10-12-19)16-9-7-6-8-15(16)3;1-4-5(2)3/h5-10,12,17H,11,13H2,1-4H3;4-5H,1H2,2-3H3/b14-5-,18-10-;. The van der Waals surface area contributed by atoms with E-state index in [2.05, 4.69) is 52.5 Å². The van der Waals surface area contributed by atoms with Crippen LogP contribution in [0.1, 0.15) is 45.2 Å². The summed E-state index contributed by atoms with van der Waals surface area (Å²) < 4.78 is 5.22. The molecule has 0 N–H and O–H groups in total. The lowest BCUT2D eigenvalue weighted by Crippen LogP contribution is -2.10. The molecule has 2 heteroatoms. The molecule has 1 atom stereocenters. The topological polar surface area (TPSA) is 26.3 Å². The molecule has 0 heterocycles. The van der Waals surface area contributed by atoms with Crippen molar-refractivity contribution in [1.29, 1.82) is 0 Å². The number of carbonyl (C=O) groups excluding carboxylic acids is 1. The number of hydrogen-bond acceptors (Lipinski definition) is 2. The lowest BCUT2D eigenvalue weighted by atomic mass is 9.83. The minimum Gasteiger partial charge on any atom is -0.385 e. The lowest BCUT2D eigenvalue weighted by molar-refractivity contribution is -0.104. The Morgan fingerprint density at radius 2 is 1.88 bits per heavy atom. The van der Waals surface area contributed by atoms with Gasteiger partial charge in [0.1, 0.15) is 6.29 Å². The van der Waals surface area contributed by atoms with Crippen LogP contribution in [-0.2, 0) is 9.53 Å². The molecule has 0 amide bonds. The highest BCUT2D eigenvalue weighted by molar-refractivity contribution is 5.84. The van der Waals surface area contributed by atoms with E-state index in [4.69, 9.17) is 4.74 Å². The number of allylic oxidation sites excluding steroid dienone is 5. The quantitative estimate of drug-likeness (QED) is 0.328. The molecule has 1 rings (SSSR count). The molecule has 0 spiro atoms. The summed E-state index contributed by atoms with van der Waals surface area (Å²) in [6, 6.07) is 8.18. The summed E-state index contributed by atoms with van der Waals surface area (Å²) in [4.78, 5) is 11.1. The Labute approximate surface area is 154 Å². The molecule has 0 saturated heterocycles. The third-order valence-electron chi connectivity index (χ3n) is 4.17. The summed E-state index contributed by atoms with van der Waals surface area (Å²) in [6.07, 6.45) is 7.47.